The highest BCUT2D eigenvalue weighted by Gasteiger charge is 2.32. The van der Waals surface area contributed by atoms with Crippen molar-refractivity contribution < 1.29 is 4.79 Å². The number of rotatable bonds is 7. The molecule has 7 heteroatoms. The van der Waals surface area contributed by atoms with Crippen molar-refractivity contribution in [2.24, 2.45) is 10.4 Å². The second-order valence-corrected chi connectivity index (χ2v) is 8.22. The van der Waals surface area contributed by atoms with E-state index in [0.29, 0.717) is 12.0 Å². The summed E-state index contributed by atoms with van der Waals surface area (Å²) in [4.78, 5) is 21.6. The zero-order valence-electron chi connectivity index (χ0n) is 17.7. The molecule has 0 unspecified atom stereocenters. The molecule has 0 radical (unpaired) electrons. The van der Waals surface area contributed by atoms with E-state index < -0.39 is 0 Å². The van der Waals surface area contributed by atoms with Crippen LogP contribution in [0.25, 0.3) is 0 Å². The van der Waals surface area contributed by atoms with Gasteiger partial charge in [-0.1, -0.05) is 19.8 Å². The fraction of sp³-hybridized carbons (Fsp3) is 0.900. The van der Waals surface area contributed by atoms with Crippen LogP contribution >= 0.6 is 24.0 Å². The SMILES string of the molecule is CCNC(=NCC1(CC)CCCC1)N1CCN(CC(=O)NC(C)C)CC1.I. The zero-order valence-corrected chi connectivity index (χ0v) is 20.1. The molecule has 0 atom stereocenters. The molecule has 2 rings (SSSR count). The molecule has 0 bridgehead atoms. The second-order valence-electron chi connectivity index (χ2n) is 8.22. The molecule has 1 aliphatic heterocycles. The van der Waals surface area contributed by atoms with Gasteiger partial charge in [-0.3, -0.25) is 14.7 Å². The Morgan fingerprint density at radius 2 is 1.74 bits per heavy atom. The fourth-order valence-electron chi connectivity index (χ4n) is 4.11. The molecule has 27 heavy (non-hydrogen) atoms. The van der Waals surface area contributed by atoms with Crippen molar-refractivity contribution in [3.05, 3.63) is 0 Å². The first-order valence-electron chi connectivity index (χ1n) is 10.5. The highest BCUT2D eigenvalue weighted by molar-refractivity contribution is 14.0. The summed E-state index contributed by atoms with van der Waals surface area (Å²) >= 11 is 0. The van der Waals surface area contributed by atoms with Crippen molar-refractivity contribution in [3.8, 4) is 0 Å². The summed E-state index contributed by atoms with van der Waals surface area (Å²) in [6, 6.07) is 0.206. The summed E-state index contributed by atoms with van der Waals surface area (Å²) in [7, 11) is 0. The number of hydrogen-bond donors (Lipinski definition) is 2. The standard InChI is InChI=1S/C20H39N5O.HI/c1-5-20(9-7-8-10-20)16-22-19(21-6-2)25-13-11-24(12-14-25)15-18(26)23-17(3)4;/h17H,5-16H2,1-4H3,(H,21,22)(H,23,26);1H. The molecule has 1 saturated heterocycles. The van der Waals surface area contributed by atoms with Crippen LogP contribution in [-0.4, -0.2) is 73.5 Å². The van der Waals surface area contributed by atoms with Gasteiger partial charge < -0.3 is 15.5 Å². The van der Waals surface area contributed by atoms with Crippen LogP contribution in [-0.2, 0) is 4.79 Å². The van der Waals surface area contributed by atoms with E-state index in [1.54, 1.807) is 0 Å². The number of guanidine groups is 1. The number of amides is 1. The molecule has 1 amide bonds. The summed E-state index contributed by atoms with van der Waals surface area (Å²) in [5, 5.41) is 6.45. The molecule has 2 fully saturated rings. The van der Waals surface area contributed by atoms with Gasteiger partial charge in [0.15, 0.2) is 5.96 Å². The average molecular weight is 493 g/mol. The van der Waals surface area contributed by atoms with Crippen LogP contribution in [0.4, 0.5) is 0 Å². The molecule has 2 aliphatic rings. The number of halogens is 1. The number of hydrogen-bond acceptors (Lipinski definition) is 3. The maximum Gasteiger partial charge on any atom is 0.234 e. The van der Waals surface area contributed by atoms with Gasteiger partial charge in [0.25, 0.3) is 0 Å². The molecule has 0 spiro atoms. The van der Waals surface area contributed by atoms with Crippen LogP contribution in [0.5, 0.6) is 0 Å². The Morgan fingerprint density at radius 3 is 2.26 bits per heavy atom. The van der Waals surface area contributed by atoms with E-state index in [2.05, 4.69) is 34.3 Å². The van der Waals surface area contributed by atoms with Crippen molar-refractivity contribution in [3.63, 3.8) is 0 Å². The number of aliphatic imine (C=N–C) groups is 1. The highest BCUT2D eigenvalue weighted by Crippen LogP contribution is 2.41. The third-order valence-corrected chi connectivity index (χ3v) is 5.80. The van der Waals surface area contributed by atoms with E-state index >= 15 is 0 Å². The van der Waals surface area contributed by atoms with Gasteiger partial charge >= 0.3 is 0 Å². The number of carbonyl (C=O) groups is 1. The lowest BCUT2D eigenvalue weighted by atomic mass is 9.83. The number of carbonyl (C=O) groups excluding carboxylic acids is 1. The van der Waals surface area contributed by atoms with Crippen molar-refractivity contribution in [2.75, 3.05) is 45.8 Å². The zero-order chi connectivity index (χ0) is 19.0. The fourth-order valence-corrected chi connectivity index (χ4v) is 4.11. The van der Waals surface area contributed by atoms with Gasteiger partial charge in [-0.15, -0.1) is 24.0 Å². The number of piperazine rings is 1. The molecule has 0 aromatic carbocycles. The van der Waals surface area contributed by atoms with Crippen LogP contribution in [0.2, 0.25) is 0 Å². The minimum Gasteiger partial charge on any atom is -0.357 e. The summed E-state index contributed by atoms with van der Waals surface area (Å²) in [5.41, 5.74) is 0.428. The molecule has 1 heterocycles. The van der Waals surface area contributed by atoms with E-state index in [1.807, 2.05) is 13.8 Å². The van der Waals surface area contributed by atoms with Crippen LogP contribution in [0.3, 0.4) is 0 Å². The molecular weight excluding hydrogens is 453 g/mol. The van der Waals surface area contributed by atoms with Gasteiger partial charge in [0, 0.05) is 45.3 Å². The van der Waals surface area contributed by atoms with Crippen molar-refractivity contribution in [1.82, 2.24) is 20.4 Å². The topological polar surface area (TPSA) is 60.0 Å². The van der Waals surface area contributed by atoms with Crippen LogP contribution in [0, 0.1) is 5.41 Å². The third-order valence-electron chi connectivity index (χ3n) is 5.80. The summed E-state index contributed by atoms with van der Waals surface area (Å²) in [5.74, 6) is 1.18. The Labute approximate surface area is 182 Å². The molecule has 1 saturated carbocycles. The summed E-state index contributed by atoms with van der Waals surface area (Å²) in [6.07, 6.45) is 6.60. The van der Waals surface area contributed by atoms with Crippen LogP contribution in [0.15, 0.2) is 4.99 Å². The minimum atomic E-state index is 0. The molecule has 158 valence electrons. The number of nitrogens with one attached hydrogen (secondary N) is 2. The van der Waals surface area contributed by atoms with Gasteiger partial charge in [0.2, 0.25) is 5.91 Å². The maximum absolute atomic E-state index is 12.0. The van der Waals surface area contributed by atoms with Gasteiger partial charge in [-0.05, 0) is 45.4 Å². The summed E-state index contributed by atoms with van der Waals surface area (Å²) < 4.78 is 0. The molecule has 0 aromatic heterocycles. The summed E-state index contributed by atoms with van der Waals surface area (Å²) in [6.45, 7) is 14.5. The first-order chi connectivity index (χ1) is 12.5. The molecule has 1 aliphatic carbocycles. The Kier molecular flexibility index (Phi) is 11.0. The lowest BCUT2D eigenvalue weighted by Gasteiger charge is -2.37. The Morgan fingerprint density at radius 1 is 1.11 bits per heavy atom. The average Bonchev–Trinajstić information content (AvgIpc) is 3.08. The highest BCUT2D eigenvalue weighted by atomic mass is 127. The van der Waals surface area contributed by atoms with E-state index in [-0.39, 0.29) is 35.9 Å². The minimum absolute atomic E-state index is 0. The quantitative estimate of drug-likeness (QED) is 0.325. The Balaban J connectivity index is 0.00000364. The van der Waals surface area contributed by atoms with Crippen LogP contribution in [0.1, 0.15) is 59.8 Å². The van der Waals surface area contributed by atoms with Crippen LogP contribution < -0.4 is 10.6 Å². The van der Waals surface area contributed by atoms with E-state index in [9.17, 15) is 4.79 Å². The first-order valence-corrected chi connectivity index (χ1v) is 10.5. The van der Waals surface area contributed by atoms with Crippen molar-refractivity contribution >= 4 is 35.8 Å². The van der Waals surface area contributed by atoms with E-state index in [0.717, 1.165) is 45.2 Å². The monoisotopic (exact) mass is 493 g/mol. The van der Waals surface area contributed by atoms with Gasteiger partial charge in [0.1, 0.15) is 0 Å². The van der Waals surface area contributed by atoms with Crippen molar-refractivity contribution in [2.45, 2.75) is 65.8 Å². The smallest absolute Gasteiger partial charge is 0.234 e. The third kappa shape index (κ3) is 7.75. The molecule has 0 aromatic rings. The van der Waals surface area contributed by atoms with E-state index in [4.69, 9.17) is 4.99 Å². The maximum atomic E-state index is 12.0. The lowest BCUT2D eigenvalue weighted by molar-refractivity contribution is -0.123. The molecule has 6 nitrogen and oxygen atoms in total. The molecular formula is C20H40IN5O. The Bertz CT molecular complexity index is 469. The second kappa shape index (κ2) is 12.1. The van der Waals surface area contributed by atoms with Gasteiger partial charge in [0.05, 0.1) is 6.54 Å². The van der Waals surface area contributed by atoms with Gasteiger partial charge in [-0.25, -0.2) is 0 Å². The predicted octanol–water partition coefficient (Wildman–Crippen LogP) is 2.68. The predicted molar refractivity (Wildman–Crippen MR) is 124 cm³/mol. The normalized spacial score (nSPS) is 20.5. The Hall–Kier alpha value is -0.570. The van der Waals surface area contributed by atoms with E-state index in [1.165, 1.54) is 32.1 Å². The van der Waals surface area contributed by atoms with Crippen molar-refractivity contribution in [1.29, 1.82) is 0 Å². The lowest BCUT2D eigenvalue weighted by Crippen LogP contribution is -2.54. The molecule has 2 N–H and O–H groups in total. The number of nitrogens with zero attached hydrogens (tertiary/aromatic N) is 3. The van der Waals surface area contributed by atoms with Gasteiger partial charge in [-0.2, -0.15) is 0 Å². The first kappa shape index (κ1) is 24.5. The largest absolute Gasteiger partial charge is 0.357 e.